The lowest BCUT2D eigenvalue weighted by molar-refractivity contribution is -0.384. The SMILES string of the molecule is COc1ccc([N+](=O)[O-])cc1NC(=O)C1c2ccccc2C(=O)N(C2CCCC2)C1c1cccs1. The molecule has 0 radical (unpaired) electrons. The van der Waals surface area contributed by atoms with Gasteiger partial charge in [0.1, 0.15) is 5.75 Å². The number of hydrogen-bond acceptors (Lipinski definition) is 6. The minimum atomic E-state index is -0.688. The molecule has 1 aliphatic carbocycles. The third kappa shape index (κ3) is 4.16. The lowest BCUT2D eigenvalue weighted by atomic mass is 9.80. The number of nitrogens with zero attached hydrogens (tertiary/aromatic N) is 2. The standard InChI is InChI=1S/C26H25N3O5S/c1-34-21-13-12-17(29(32)33)15-20(21)27-25(30)23-18-9-4-5-10-19(18)26(31)28(16-7-2-3-8-16)24(23)22-11-6-14-35-22/h4-6,9-16,23-24H,2-3,7-8H2,1H3,(H,27,30). The van der Waals surface area contributed by atoms with E-state index in [2.05, 4.69) is 5.32 Å². The van der Waals surface area contributed by atoms with Crippen LogP contribution in [0.1, 0.15) is 58.4 Å². The lowest BCUT2D eigenvalue weighted by Crippen LogP contribution is -2.49. The van der Waals surface area contributed by atoms with Gasteiger partial charge >= 0.3 is 0 Å². The molecule has 2 heterocycles. The molecule has 9 heteroatoms. The van der Waals surface area contributed by atoms with Crippen LogP contribution in [0.25, 0.3) is 0 Å². The Morgan fingerprint density at radius 1 is 1.14 bits per heavy atom. The van der Waals surface area contributed by atoms with Gasteiger partial charge in [-0.3, -0.25) is 19.7 Å². The van der Waals surface area contributed by atoms with Gasteiger partial charge in [-0.1, -0.05) is 37.1 Å². The van der Waals surface area contributed by atoms with E-state index >= 15 is 0 Å². The van der Waals surface area contributed by atoms with Crippen LogP contribution in [-0.2, 0) is 4.79 Å². The number of carbonyl (C=O) groups excluding carboxylic acids is 2. The molecule has 3 aromatic rings. The van der Waals surface area contributed by atoms with E-state index in [0.29, 0.717) is 16.9 Å². The summed E-state index contributed by atoms with van der Waals surface area (Å²) in [7, 11) is 1.45. The van der Waals surface area contributed by atoms with Crippen LogP contribution in [-0.4, -0.2) is 34.8 Å². The van der Waals surface area contributed by atoms with Crippen LogP contribution >= 0.6 is 11.3 Å². The molecule has 1 aromatic heterocycles. The van der Waals surface area contributed by atoms with Crippen LogP contribution in [0.3, 0.4) is 0 Å². The van der Waals surface area contributed by atoms with Crippen molar-refractivity contribution in [3.05, 3.63) is 86.1 Å². The zero-order valence-corrected chi connectivity index (χ0v) is 20.0. The van der Waals surface area contributed by atoms with Gasteiger partial charge in [0.15, 0.2) is 0 Å². The first-order valence-electron chi connectivity index (χ1n) is 11.6. The van der Waals surface area contributed by atoms with E-state index in [9.17, 15) is 19.7 Å². The summed E-state index contributed by atoms with van der Waals surface area (Å²) >= 11 is 1.52. The number of non-ortho nitro benzene ring substituents is 1. The molecule has 0 spiro atoms. The molecule has 2 aliphatic rings. The Balaban J connectivity index is 1.62. The molecule has 5 rings (SSSR count). The van der Waals surface area contributed by atoms with Crippen molar-refractivity contribution in [2.24, 2.45) is 0 Å². The summed E-state index contributed by atoms with van der Waals surface area (Å²) in [5, 5.41) is 16.2. The molecule has 1 saturated carbocycles. The second-order valence-electron chi connectivity index (χ2n) is 8.81. The highest BCUT2D eigenvalue weighted by atomic mass is 32.1. The molecular weight excluding hydrogens is 466 g/mol. The van der Waals surface area contributed by atoms with E-state index in [0.717, 1.165) is 30.6 Å². The number of fused-ring (bicyclic) bond motifs is 1. The van der Waals surface area contributed by atoms with Crippen molar-refractivity contribution < 1.29 is 19.2 Å². The van der Waals surface area contributed by atoms with Gasteiger partial charge in [0, 0.05) is 28.6 Å². The number of thiophene rings is 1. The third-order valence-electron chi connectivity index (χ3n) is 6.86. The quantitative estimate of drug-likeness (QED) is 0.361. The number of rotatable bonds is 6. The maximum absolute atomic E-state index is 14.0. The molecule has 2 unspecified atom stereocenters. The van der Waals surface area contributed by atoms with Crippen molar-refractivity contribution in [2.45, 2.75) is 43.7 Å². The molecule has 2 aromatic carbocycles. The lowest BCUT2D eigenvalue weighted by Gasteiger charge is -2.44. The zero-order chi connectivity index (χ0) is 24.5. The largest absolute Gasteiger partial charge is 0.495 e. The van der Waals surface area contributed by atoms with Crippen molar-refractivity contribution in [3.8, 4) is 5.75 Å². The molecule has 2 amide bonds. The van der Waals surface area contributed by atoms with Gasteiger partial charge in [-0.25, -0.2) is 0 Å². The molecule has 2 atom stereocenters. The first-order chi connectivity index (χ1) is 17.0. The maximum Gasteiger partial charge on any atom is 0.271 e. The number of amides is 2. The fraction of sp³-hybridized carbons (Fsp3) is 0.308. The Kier molecular flexibility index (Phi) is 6.25. The van der Waals surface area contributed by atoms with Crippen LogP contribution < -0.4 is 10.1 Å². The minimum absolute atomic E-state index is 0.0529. The van der Waals surface area contributed by atoms with Crippen LogP contribution in [0.2, 0.25) is 0 Å². The Morgan fingerprint density at radius 3 is 2.60 bits per heavy atom. The number of nitrogens with one attached hydrogen (secondary N) is 1. The highest BCUT2D eigenvalue weighted by molar-refractivity contribution is 7.10. The van der Waals surface area contributed by atoms with Crippen molar-refractivity contribution in [3.63, 3.8) is 0 Å². The van der Waals surface area contributed by atoms with E-state index in [4.69, 9.17) is 4.74 Å². The van der Waals surface area contributed by atoms with Crippen LogP contribution in [0, 0.1) is 10.1 Å². The number of methoxy groups -OCH3 is 1. The summed E-state index contributed by atoms with van der Waals surface area (Å²) in [4.78, 5) is 41.4. The van der Waals surface area contributed by atoms with Crippen molar-refractivity contribution in [1.29, 1.82) is 0 Å². The van der Waals surface area contributed by atoms with Gasteiger partial charge in [0.2, 0.25) is 5.91 Å². The van der Waals surface area contributed by atoms with Crippen molar-refractivity contribution in [1.82, 2.24) is 4.90 Å². The average molecular weight is 492 g/mol. The van der Waals surface area contributed by atoms with Gasteiger partial charge in [-0.15, -0.1) is 11.3 Å². The molecule has 0 bridgehead atoms. The molecule has 1 aliphatic heterocycles. The van der Waals surface area contributed by atoms with Crippen molar-refractivity contribution in [2.75, 3.05) is 12.4 Å². The Hall–Kier alpha value is -3.72. The van der Waals surface area contributed by atoms with Gasteiger partial charge in [-0.05, 0) is 42.0 Å². The van der Waals surface area contributed by atoms with Crippen LogP contribution in [0.15, 0.2) is 60.0 Å². The topological polar surface area (TPSA) is 102 Å². The maximum atomic E-state index is 14.0. The predicted octanol–water partition coefficient (Wildman–Crippen LogP) is 5.53. The molecule has 35 heavy (non-hydrogen) atoms. The highest BCUT2D eigenvalue weighted by Crippen LogP contribution is 2.47. The Labute approximate surface area is 206 Å². The number of benzene rings is 2. The van der Waals surface area contributed by atoms with E-state index in [1.807, 2.05) is 40.6 Å². The fourth-order valence-electron chi connectivity index (χ4n) is 5.30. The molecule has 1 fully saturated rings. The first-order valence-corrected chi connectivity index (χ1v) is 12.5. The molecule has 8 nitrogen and oxygen atoms in total. The summed E-state index contributed by atoms with van der Waals surface area (Å²) in [6.45, 7) is 0. The average Bonchev–Trinajstić information content (AvgIpc) is 3.58. The minimum Gasteiger partial charge on any atom is -0.495 e. The number of nitro groups is 1. The summed E-state index contributed by atoms with van der Waals surface area (Å²) < 4.78 is 5.36. The molecule has 0 saturated heterocycles. The number of ether oxygens (including phenoxy) is 1. The summed E-state index contributed by atoms with van der Waals surface area (Å²) in [6.07, 6.45) is 3.91. The first kappa shape index (κ1) is 23.0. The van der Waals surface area contributed by atoms with Gasteiger partial charge < -0.3 is 15.0 Å². The monoisotopic (exact) mass is 491 g/mol. The third-order valence-corrected chi connectivity index (χ3v) is 7.81. The number of nitro benzene ring substituents is 1. The Bertz CT molecular complexity index is 1270. The summed E-state index contributed by atoms with van der Waals surface area (Å²) in [5.41, 5.74) is 1.26. The summed E-state index contributed by atoms with van der Waals surface area (Å²) in [5.74, 6) is -0.760. The van der Waals surface area contributed by atoms with Crippen LogP contribution in [0.4, 0.5) is 11.4 Å². The number of carbonyl (C=O) groups is 2. The molecule has 180 valence electrons. The number of anilines is 1. The van der Waals surface area contributed by atoms with Crippen molar-refractivity contribution >= 4 is 34.5 Å². The molecular formula is C26H25N3O5S. The fourth-order valence-corrected chi connectivity index (χ4v) is 6.16. The smallest absolute Gasteiger partial charge is 0.271 e. The second kappa shape index (κ2) is 9.50. The summed E-state index contributed by atoms with van der Waals surface area (Å²) in [6, 6.07) is 14.8. The number of hydrogen-bond donors (Lipinski definition) is 1. The van der Waals surface area contributed by atoms with Gasteiger partial charge in [0.05, 0.1) is 29.7 Å². The van der Waals surface area contributed by atoms with E-state index < -0.39 is 16.9 Å². The molecule has 1 N–H and O–H groups in total. The van der Waals surface area contributed by atoms with Crippen LogP contribution in [0.5, 0.6) is 5.75 Å². The van der Waals surface area contributed by atoms with E-state index in [-0.39, 0.29) is 29.2 Å². The Morgan fingerprint density at radius 2 is 1.91 bits per heavy atom. The normalized spacial score (nSPS) is 19.9. The highest BCUT2D eigenvalue weighted by Gasteiger charge is 2.47. The second-order valence-corrected chi connectivity index (χ2v) is 9.79. The predicted molar refractivity (Wildman–Crippen MR) is 133 cm³/mol. The van der Waals surface area contributed by atoms with E-state index in [1.165, 1.54) is 36.6 Å². The zero-order valence-electron chi connectivity index (χ0n) is 19.2. The van der Waals surface area contributed by atoms with Gasteiger partial charge in [0.25, 0.3) is 11.6 Å². The van der Waals surface area contributed by atoms with E-state index in [1.54, 1.807) is 6.07 Å². The van der Waals surface area contributed by atoms with Gasteiger partial charge in [-0.2, -0.15) is 0 Å².